The lowest BCUT2D eigenvalue weighted by molar-refractivity contribution is -0.118. The number of morpholine rings is 1. The number of aryl methyl sites for hydroxylation is 3. The minimum Gasteiger partial charge on any atom is -0.493 e. The monoisotopic (exact) mass is 428 g/mol. The van der Waals surface area contributed by atoms with Crippen LogP contribution in [0, 0.1) is 20.8 Å². The van der Waals surface area contributed by atoms with Crippen LogP contribution in [0.4, 0.5) is 5.69 Å². The lowest BCUT2D eigenvalue weighted by Gasteiger charge is -2.29. The first-order chi connectivity index (χ1) is 14.4. The first-order valence-electron chi connectivity index (χ1n) is 9.94. The molecular weight excluding hydrogens is 400 g/mol. The van der Waals surface area contributed by atoms with Gasteiger partial charge in [0.15, 0.2) is 18.1 Å². The zero-order valence-corrected chi connectivity index (χ0v) is 18.7. The molecule has 3 rings (SSSR count). The molecule has 160 valence electrons. The van der Waals surface area contributed by atoms with Gasteiger partial charge < -0.3 is 24.4 Å². The van der Waals surface area contributed by atoms with Gasteiger partial charge in [-0.25, -0.2) is 0 Å². The summed E-state index contributed by atoms with van der Waals surface area (Å²) in [5.41, 5.74) is 4.93. The van der Waals surface area contributed by atoms with E-state index in [1.54, 1.807) is 13.2 Å². The number of hydrogen-bond donors (Lipinski definition) is 1. The number of thiocarbonyl (C=S) groups is 1. The van der Waals surface area contributed by atoms with E-state index in [0.29, 0.717) is 24.7 Å². The molecule has 30 heavy (non-hydrogen) atoms. The number of rotatable bonds is 6. The number of hydrogen-bond acceptors (Lipinski definition) is 5. The van der Waals surface area contributed by atoms with E-state index in [4.69, 9.17) is 26.4 Å². The van der Waals surface area contributed by atoms with E-state index in [1.165, 1.54) is 5.56 Å². The minimum atomic E-state index is -0.222. The van der Waals surface area contributed by atoms with Crippen LogP contribution in [0.15, 0.2) is 30.3 Å². The molecule has 0 aliphatic carbocycles. The van der Waals surface area contributed by atoms with Crippen LogP contribution in [0.25, 0.3) is 0 Å². The number of carbonyl (C=O) groups excluding carboxylic acids is 1. The highest BCUT2D eigenvalue weighted by atomic mass is 32.1. The Kier molecular flexibility index (Phi) is 7.29. The van der Waals surface area contributed by atoms with Crippen molar-refractivity contribution in [3.8, 4) is 11.5 Å². The van der Waals surface area contributed by atoms with Crippen LogP contribution in [0.2, 0.25) is 0 Å². The van der Waals surface area contributed by atoms with Gasteiger partial charge in [0, 0.05) is 24.3 Å². The first kappa shape index (κ1) is 22.1. The lowest BCUT2D eigenvalue weighted by atomic mass is 10.1. The molecule has 1 aliphatic heterocycles. The summed E-state index contributed by atoms with van der Waals surface area (Å²) in [6.07, 6.45) is 0. The smallest absolute Gasteiger partial charge is 0.262 e. The molecule has 0 radical (unpaired) electrons. The van der Waals surface area contributed by atoms with Crippen molar-refractivity contribution in [3.05, 3.63) is 52.6 Å². The van der Waals surface area contributed by atoms with Crippen LogP contribution in [-0.4, -0.2) is 55.8 Å². The van der Waals surface area contributed by atoms with E-state index in [0.717, 1.165) is 40.5 Å². The molecule has 6 nitrogen and oxygen atoms in total. The second-order valence-electron chi connectivity index (χ2n) is 7.38. The van der Waals surface area contributed by atoms with Crippen molar-refractivity contribution in [1.29, 1.82) is 0 Å². The molecule has 1 saturated heterocycles. The molecule has 0 saturated carbocycles. The molecule has 1 fully saturated rings. The van der Waals surface area contributed by atoms with E-state index in [2.05, 4.69) is 10.2 Å². The third kappa shape index (κ3) is 5.29. The molecule has 1 heterocycles. The standard InChI is InChI=1S/C23H28N2O4S/c1-15-11-16(2)22(17(3)12-15)24-21(26)14-29-19-6-5-18(13-20(19)27-4)23(30)25-7-9-28-10-8-25/h5-6,11-13H,7-10,14H2,1-4H3,(H,24,26). The molecule has 0 bridgehead atoms. The van der Waals surface area contributed by atoms with Crippen molar-refractivity contribution < 1.29 is 19.0 Å². The number of nitrogens with zero attached hydrogens (tertiary/aromatic N) is 1. The number of carbonyl (C=O) groups is 1. The molecule has 0 aromatic heterocycles. The zero-order valence-electron chi connectivity index (χ0n) is 17.9. The van der Waals surface area contributed by atoms with Crippen molar-refractivity contribution in [1.82, 2.24) is 4.90 Å². The topological polar surface area (TPSA) is 60.0 Å². The van der Waals surface area contributed by atoms with Gasteiger partial charge in [-0.05, 0) is 50.1 Å². The number of nitrogens with one attached hydrogen (secondary N) is 1. The Morgan fingerprint density at radius 1 is 1.10 bits per heavy atom. The van der Waals surface area contributed by atoms with Crippen LogP contribution in [0.1, 0.15) is 22.3 Å². The molecule has 2 aromatic rings. The van der Waals surface area contributed by atoms with E-state index < -0.39 is 0 Å². The number of amides is 1. The summed E-state index contributed by atoms with van der Waals surface area (Å²) in [6, 6.07) is 9.61. The maximum atomic E-state index is 12.4. The van der Waals surface area contributed by atoms with Gasteiger partial charge in [0.25, 0.3) is 5.91 Å². The Hall–Kier alpha value is -2.64. The number of ether oxygens (including phenoxy) is 3. The average molecular weight is 429 g/mol. The van der Waals surface area contributed by atoms with Crippen molar-refractivity contribution in [2.45, 2.75) is 20.8 Å². The van der Waals surface area contributed by atoms with E-state index in [9.17, 15) is 4.79 Å². The Balaban J connectivity index is 1.65. The summed E-state index contributed by atoms with van der Waals surface area (Å²) in [7, 11) is 1.57. The lowest BCUT2D eigenvalue weighted by Crippen LogP contribution is -2.40. The van der Waals surface area contributed by atoms with E-state index >= 15 is 0 Å². The highest BCUT2D eigenvalue weighted by Gasteiger charge is 2.17. The molecule has 0 atom stereocenters. The summed E-state index contributed by atoms with van der Waals surface area (Å²) < 4.78 is 16.6. The number of anilines is 1. The predicted molar refractivity (Wildman–Crippen MR) is 122 cm³/mol. The van der Waals surface area contributed by atoms with Crippen LogP contribution >= 0.6 is 12.2 Å². The second-order valence-corrected chi connectivity index (χ2v) is 7.77. The summed E-state index contributed by atoms with van der Waals surface area (Å²) in [4.78, 5) is 15.3. The van der Waals surface area contributed by atoms with Crippen LogP contribution in [0.5, 0.6) is 11.5 Å². The van der Waals surface area contributed by atoms with E-state index in [-0.39, 0.29) is 12.5 Å². The van der Waals surface area contributed by atoms with Gasteiger partial charge in [-0.3, -0.25) is 4.79 Å². The molecule has 0 spiro atoms. The predicted octanol–water partition coefficient (Wildman–Crippen LogP) is 3.65. The van der Waals surface area contributed by atoms with Crippen molar-refractivity contribution >= 4 is 28.8 Å². The largest absolute Gasteiger partial charge is 0.493 e. The fourth-order valence-electron chi connectivity index (χ4n) is 3.56. The van der Waals surface area contributed by atoms with E-state index in [1.807, 2.05) is 45.0 Å². The highest BCUT2D eigenvalue weighted by Crippen LogP contribution is 2.29. The van der Waals surface area contributed by atoms with Gasteiger partial charge in [0.05, 0.1) is 20.3 Å². The van der Waals surface area contributed by atoms with Crippen LogP contribution in [-0.2, 0) is 9.53 Å². The molecule has 0 unspecified atom stereocenters. The maximum absolute atomic E-state index is 12.4. The third-order valence-corrected chi connectivity index (χ3v) is 5.50. The number of benzene rings is 2. The minimum absolute atomic E-state index is 0.115. The Morgan fingerprint density at radius 3 is 2.40 bits per heavy atom. The van der Waals surface area contributed by atoms with Crippen LogP contribution < -0.4 is 14.8 Å². The van der Waals surface area contributed by atoms with Crippen molar-refractivity contribution in [3.63, 3.8) is 0 Å². The SMILES string of the molecule is COc1cc(C(=S)N2CCOCC2)ccc1OCC(=O)Nc1c(C)cc(C)cc1C. The summed E-state index contributed by atoms with van der Waals surface area (Å²) in [6.45, 7) is 8.78. The first-order valence-corrected chi connectivity index (χ1v) is 10.4. The fraction of sp³-hybridized carbons (Fsp3) is 0.391. The van der Waals surface area contributed by atoms with Gasteiger partial charge >= 0.3 is 0 Å². The average Bonchev–Trinajstić information content (AvgIpc) is 2.74. The molecule has 1 N–H and O–H groups in total. The summed E-state index contributed by atoms with van der Waals surface area (Å²) in [5, 5.41) is 2.94. The van der Waals surface area contributed by atoms with Crippen LogP contribution in [0.3, 0.4) is 0 Å². The zero-order chi connectivity index (χ0) is 21.7. The second kappa shape index (κ2) is 9.91. The number of methoxy groups -OCH3 is 1. The fourth-order valence-corrected chi connectivity index (χ4v) is 3.87. The molecule has 7 heteroatoms. The normalized spacial score (nSPS) is 13.7. The van der Waals surface area contributed by atoms with Gasteiger partial charge in [0.2, 0.25) is 0 Å². The highest BCUT2D eigenvalue weighted by molar-refractivity contribution is 7.80. The third-order valence-electron chi connectivity index (χ3n) is 5.01. The Bertz CT molecular complexity index is 916. The maximum Gasteiger partial charge on any atom is 0.262 e. The molecular formula is C23H28N2O4S. The summed E-state index contributed by atoms with van der Waals surface area (Å²) >= 11 is 5.61. The molecule has 1 aliphatic rings. The van der Waals surface area contributed by atoms with Gasteiger partial charge in [-0.15, -0.1) is 0 Å². The van der Waals surface area contributed by atoms with Crippen molar-refractivity contribution in [2.75, 3.05) is 45.3 Å². The molecule has 1 amide bonds. The Morgan fingerprint density at radius 2 is 1.77 bits per heavy atom. The van der Waals surface area contributed by atoms with Gasteiger partial charge in [0.1, 0.15) is 4.99 Å². The Labute approximate surface area is 183 Å². The van der Waals surface area contributed by atoms with Gasteiger partial charge in [-0.1, -0.05) is 29.9 Å². The quantitative estimate of drug-likeness (QED) is 0.709. The summed E-state index contributed by atoms with van der Waals surface area (Å²) in [5.74, 6) is 0.817. The van der Waals surface area contributed by atoms with Gasteiger partial charge in [-0.2, -0.15) is 0 Å². The van der Waals surface area contributed by atoms with Crippen molar-refractivity contribution in [2.24, 2.45) is 0 Å². The molecule has 2 aromatic carbocycles.